The van der Waals surface area contributed by atoms with Crippen molar-refractivity contribution in [2.24, 2.45) is 0 Å². The molecule has 0 unspecified atom stereocenters. The predicted octanol–water partition coefficient (Wildman–Crippen LogP) is 8.89. The van der Waals surface area contributed by atoms with E-state index < -0.39 is 7.26 Å². The second-order valence-corrected chi connectivity index (χ2v) is 15.3. The predicted molar refractivity (Wildman–Crippen MR) is 191 cm³/mol. The molecule has 0 bridgehead atoms. The Morgan fingerprint density at radius 1 is 0.756 bits per heavy atom. The minimum absolute atomic E-state index is 0.855. The molecule has 0 radical (unpaired) electrons. The van der Waals surface area contributed by atoms with Gasteiger partial charge < -0.3 is 0 Å². The molecule has 1 fully saturated rings. The van der Waals surface area contributed by atoms with Crippen LogP contribution in [0, 0.1) is 16.2 Å². The summed E-state index contributed by atoms with van der Waals surface area (Å²) in [6, 6.07) is 37.1. The Morgan fingerprint density at radius 3 is 1.89 bits per heavy atom. The van der Waals surface area contributed by atoms with E-state index in [2.05, 4.69) is 153 Å². The van der Waals surface area contributed by atoms with Crippen LogP contribution < -0.4 is 15.9 Å². The van der Waals surface area contributed by atoms with E-state index in [4.69, 9.17) is 0 Å². The van der Waals surface area contributed by atoms with E-state index >= 15 is 0 Å². The summed E-state index contributed by atoms with van der Waals surface area (Å²) >= 11 is 3.04. The van der Waals surface area contributed by atoms with Crippen molar-refractivity contribution in [3.8, 4) is 16.2 Å². The SMILES string of the molecule is CC=C1CCCC1=CC(C#Cc1ccc(/C=C/C)c2nsnc12)=C([C]#[Os])[P+](c1ccccc1)(c1ccccc1)c1ccccc1. The van der Waals surface area contributed by atoms with Gasteiger partial charge in [0.25, 0.3) is 0 Å². The molecule has 4 aromatic carbocycles. The van der Waals surface area contributed by atoms with Crippen LogP contribution in [0.15, 0.2) is 143 Å². The first-order valence-electron chi connectivity index (χ1n) is 15.1. The van der Waals surface area contributed by atoms with Gasteiger partial charge in [0.05, 0.1) is 0 Å². The zero-order chi connectivity index (χ0) is 31.1. The first-order valence-corrected chi connectivity index (χ1v) is 18.9. The molecule has 0 N–H and O–H groups in total. The number of aromatic nitrogens is 2. The molecule has 5 heteroatoms. The zero-order valence-electron chi connectivity index (χ0n) is 25.3. The fourth-order valence-electron chi connectivity index (χ4n) is 6.14. The molecule has 0 saturated heterocycles. The van der Waals surface area contributed by atoms with Crippen LogP contribution in [0.4, 0.5) is 0 Å². The molecule has 1 heterocycles. The molecule has 0 amide bonds. The average Bonchev–Trinajstić information content (AvgIpc) is 3.78. The second-order valence-electron chi connectivity index (χ2n) is 10.8. The fourth-order valence-corrected chi connectivity index (χ4v) is 12.5. The summed E-state index contributed by atoms with van der Waals surface area (Å²) < 4.78 is 13.1. The van der Waals surface area contributed by atoms with Crippen LogP contribution in [-0.2, 0) is 17.9 Å². The van der Waals surface area contributed by atoms with E-state index in [1.165, 1.54) is 38.8 Å². The summed E-state index contributed by atoms with van der Waals surface area (Å²) in [6.07, 6.45) is 12.1. The van der Waals surface area contributed by atoms with Crippen molar-refractivity contribution in [3.63, 3.8) is 0 Å². The molecule has 5 aromatic rings. The van der Waals surface area contributed by atoms with Gasteiger partial charge in [-0.2, -0.15) is 0 Å². The van der Waals surface area contributed by atoms with E-state index in [-0.39, 0.29) is 0 Å². The van der Waals surface area contributed by atoms with Crippen molar-refractivity contribution in [3.05, 3.63) is 155 Å². The Hall–Kier alpha value is -3.93. The van der Waals surface area contributed by atoms with Gasteiger partial charge in [-0.25, -0.2) is 0 Å². The van der Waals surface area contributed by atoms with Crippen LogP contribution >= 0.6 is 19.0 Å². The third-order valence-electron chi connectivity index (χ3n) is 8.20. The normalized spacial score (nSPS) is 15.7. The van der Waals surface area contributed by atoms with Crippen LogP contribution in [-0.4, -0.2) is 8.75 Å². The molecule has 0 aliphatic heterocycles. The molecular formula is C40H33N2OsPS+. The summed E-state index contributed by atoms with van der Waals surface area (Å²) in [5, 5.41) is 5.01. The van der Waals surface area contributed by atoms with Crippen molar-refractivity contribution in [2.45, 2.75) is 33.1 Å². The zero-order valence-corrected chi connectivity index (χ0v) is 29.6. The molecule has 0 spiro atoms. The number of hydrogen-bond acceptors (Lipinski definition) is 3. The van der Waals surface area contributed by atoms with E-state index in [9.17, 15) is 0 Å². The van der Waals surface area contributed by atoms with Crippen LogP contribution in [0.1, 0.15) is 44.2 Å². The third-order valence-corrected chi connectivity index (χ3v) is 14.1. The minimum atomic E-state index is -2.40. The van der Waals surface area contributed by atoms with Crippen LogP contribution in [0.2, 0.25) is 0 Å². The Bertz CT molecular complexity index is 1960. The third kappa shape index (κ3) is 6.16. The molecule has 1 aromatic heterocycles. The first-order chi connectivity index (χ1) is 22.2. The Kier molecular flexibility index (Phi) is 9.97. The molecule has 221 valence electrons. The van der Waals surface area contributed by atoms with Crippen LogP contribution in [0.5, 0.6) is 0 Å². The standard InChI is InChI=1S/C40H33N2PS.Os/c1-4-16-32-25-26-33(40-39(32)41-44-42-40)27-28-34(29-35-18-15-17-31(35)5-2)30(3)43(36-19-9-6-10-20-36,37-21-11-7-12-22-37)38-23-13-8-14-24-38;/h4-14,16,19-26,29H,15,17-18H2,1-2H3;/q+1;/b16-4+,31-5?,34-30?,35-29?;. The summed E-state index contributed by atoms with van der Waals surface area (Å²) in [7, 11) is -2.40. The van der Waals surface area contributed by atoms with Gasteiger partial charge in [0.15, 0.2) is 0 Å². The van der Waals surface area contributed by atoms with Crippen LogP contribution in [0.3, 0.4) is 0 Å². The van der Waals surface area contributed by atoms with E-state index in [0.29, 0.717) is 0 Å². The van der Waals surface area contributed by atoms with Gasteiger partial charge in [-0.15, -0.1) is 0 Å². The van der Waals surface area contributed by atoms with E-state index in [0.717, 1.165) is 52.3 Å². The maximum atomic E-state index is 4.67. The van der Waals surface area contributed by atoms with Crippen molar-refractivity contribution in [1.29, 1.82) is 0 Å². The van der Waals surface area contributed by atoms with Crippen molar-refractivity contribution in [1.82, 2.24) is 8.75 Å². The average molecular weight is 795 g/mol. The van der Waals surface area contributed by atoms with Gasteiger partial charge in [0.1, 0.15) is 0 Å². The molecule has 1 aliphatic rings. The topological polar surface area (TPSA) is 25.8 Å². The fraction of sp³-hybridized carbons (Fsp3) is 0.125. The summed E-state index contributed by atoms with van der Waals surface area (Å²) in [6.45, 7) is 4.17. The Labute approximate surface area is 281 Å². The molecule has 6 rings (SSSR count). The van der Waals surface area contributed by atoms with E-state index in [1.54, 1.807) is 17.9 Å². The van der Waals surface area contributed by atoms with Crippen molar-refractivity contribution in [2.75, 3.05) is 0 Å². The monoisotopic (exact) mass is 796 g/mol. The maximum absolute atomic E-state index is 4.67. The number of benzene rings is 4. The quantitative estimate of drug-likeness (QED) is 0.127. The van der Waals surface area contributed by atoms with Gasteiger partial charge in [0.2, 0.25) is 0 Å². The summed E-state index contributed by atoms with van der Waals surface area (Å²) in [5.74, 6) is 7.30. The molecule has 2 nitrogen and oxygen atoms in total. The number of nitrogens with zero attached hydrogens (tertiary/aromatic N) is 2. The van der Waals surface area contributed by atoms with Crippen molar-refractivity contribution < 1.29 is 17.9 Å². The number of allylic oxidation sites excluding steroid dienone is 7. The summed E-state index contributed by atoms with van der Waals surface area (Å²) in [4.78, 5) is 0. The van der Waals surface area contributed by atoms with Gasteiger partial charge in [-0.1, -0.05) is 0 Å². The molecule has 1 saturated carbocycles. The summed E-state index contributed by atoms with van der Waals surface area (Å²) in [5.41, 5.74) is 7.50. The first kappa shape index (κ1) is 31.1. The Morgan fingerprint density at radius 2 is 1.33 bits per heavy atom. The Balaban J connectivity index is 1.72. The number of hydrogen-bond donors (Lipinski definition) is 0. The molecular weight excluding hydrogens is 762 g/mol. The van der Waals surface area contributed by atoms with Crippen LogP contribution in [0.25, 0.3) is 17.1 Å². The second kappa shape index (κ2) is 14.4. The number of fused-ring (bicyclic) bond motifs is 1. The van der Waals surface area contributed by atoms with Crippen molar-refractivity contribution >= 4 is 52.0 Å². The molecule has 45 heavy (non-hydrogen) atoms. The number of rotatable bonds is 6. The van der Waals surface area contributed by atoms with Gasteiger partial charge >= 0.3 is 283 Å². The van der Waals surface area contributed by atoms with Gasteiger partial charge in [-0.3, -0.25) is 0 Å². The molecule has 1 aliphatic carbocycles. The molecule has 0 atom stereocenters. The van der Waals surface area contributed by atoms with Gasteiger partial charge in [0, 0.05) is 0 Å². The van der Waals surface area contributed by atoms with Gasteiger partial charge in [-0.05, 0) is 0 Å². The van der Waals surface area contributed by atoms with E-state index in [1.807, 2.05) is 13.0 Å².